The Labute approximate surface area is 207 Å². The normalized spacial score (nSPS) is 23.8. The molecule has 0 aromatic heterocycles. The van der Waals surface area contributed by atoms with Crippen LogP contribution in [0.1, 0.15) is 53.4 Å². The first-order chi connectivity index (χ1) is 14.6. The van der Waals surface area contributed by atoms with E-state index in [2.05, 4.69) is 15.6 Å². The molecule has 1 aromatic rings. The van der Waals surface area contributed by atoms with E-state index in [1.165, 1.54) is 12.1 Å². The molecule has 32 heavy (non-hydrogen) atoms. The number of nitrogens with one attached hydrogen (secondary N) is 2. The lowest BCUT2D eigenvalue weighted by Gasteiger charge is -2.40. The topological polar surface area (TPSA) is 75.2 Å². The van der Waals surface area contributed by atoms with Crippen LogP contribution in [0.3, 0.4) is 0 Å². The van der Waals surface area contributed by atoms with Crippen LogP contribution in [-0.4, -0.2) is 60.4 Å². The summed E-state index contributed by atoms with van der Waals surface area (Å²) in [5, 5.41) is 6.79. The maximum atomic E-state index is 13.0. The van der Waals surface area contributed by atoms with Gasteiger partial charge in [-0.15, -0.1) is 24.0 Å². The average molecular weight is 562 g/mol. The van der Waals surface area contributed by atoms with Crippen molar-refractivity contribution in [3.8, 4) is 5.75 Å². The number of carbonyl (C=O) groups is 1. The molecule has 2 bridgehead atoms. The molecule has 0 spiro atoms. The van der Waals surface area contributed by atoms with Crippen molar-refractivity contribution >= 4 is 36.0 Å². The lowest BCUT2D eigenvalue weighted by molar-refractivity contribution is 0.00544. The van der Waals surface area contributed by atoms with Crippen LogP contribution in [0.2, 0.25) is 0 Å². The Bertz CT molecular complexity index is 770. The second-order valence-electron chi connectivity index (χ2n) is 9.42. The summed E-state index contributed by atoms with van der Waals surface area (Å²) in [4.78, 5) is 18.9. The number of ether oxygens (including phenoxy) is 2. The number of nitrogens with zero attached hydrogens (tertiary/aromatic N) is 2. The van der Waals surface area contributed by atoms with Crippen LogP contribution in [0.25, 0.3) is 0 Å². The Hall–Kier alpha value is -1.78. The van der Waals surface area contributed by atoms with Crippen LogP contribution < -0.4 is 15.4 Å². The minimum Gasteiger partial charge on any atom is -0.489 e. The smallest absolute Gasteiger partial charge is 0.410 e. The highest BCUT2D eigenvalue weighted by Crippen LogP contribution is 2.36. The maximum absolute atomic E-state index is 13.0. The lowest BCUT2D eigenvalue weighted by Crippen LogP contribution is -2.55. The summed E-state index contributed by atoms with van der Waals surface area (Å²) in [7, 11) is 1.74. The number of hydrogen-bond donors (Lipinski definition) is 2. The van der Waals surface area contributed by atoms with Crippen molar-refractivity contribution in [2.75, 3.05) is 13.6 Å². The summed E-state index contributed by atoms with van der Waals surface area (Å²) in [6.07, 6.45) is 3.45. The molecule has 0 saturated carbocycles. The number of benzene rings is 1. The molecule has 2 saturated heterocycles. The summed E-state index contributed by atoms with van der Waals surface area (Å²) in [6.45, 7) is 8.20. The van der Waals surface area contributed by atoms with Gasteiger partial charge in [-0.3, -0.25) is 4.99 Å². The zero-order valence-electron chi connectivity index (χ0n) is 19.6. The van der Waals surface area contributed by atoms with Crippen LogP contribution in [0.5, 0.6) is 5.75 Å². The summed E-state index contributed by atoms with van der Waals surface area (Å²) in [6, 6.07) is 6.65. The molecule has 2 heterocycles. The molecule has 7 nitrogen and oxygen atoms in total. The van der Waals surface area contributed by atoms with Crippen molar-refractivity contribution in [3.05, 3.63) is 30.1 Å². The number of amides is 1. The molecule has 3 unspecified atom stereocenters. The number of fused-ring (bicyclic) bond motifs is 2. The third-order valence-electron chi connectivity index (χ3n) is 5.61. The van der Waals surface area contributed by atoms with E-state index in [1.807, 2.05) is 32.6 Å². The predicted molar refractivity (Wildman–Crippen MR) is 134 cm³/mol. The monoisotopic (exact) mass is 562 g/mol. The van der Waals surface area contributed by atoms with Gasteiger partial charge in [-0.2, -0.15) is 0 Å². The predicted octanol–water partition coefficient (Wildman–Crippen LogP) is 4.31. The summed E-state index contributed by atoms with van der Waals surface area (Å²) < 4.78 is 24.4. The summed E-state index contributed by atoms with van der Waals surface area (Å²) >= 11 is 0. The molecule has 180 valence electrons. The number of halogens is 2. The fourth-order valence-corrected chi connectivity index (χ4v) is 4.32. The van der Waals surface area contributed by atoms with E-state index in [9.17, 15) is 9.18 Å². The molecule has 2 aliphatic heterocycles. The molecule has 3 rings (SSSR count). The highest BCUT2D eigenvalue weighted by Gasteiger charge is 2.45. The molecular formula is C23H36FIN4O3. The van der Waals surface area contributed by atoms with E-state index >= 15 is 0 Å². The Morgan fingerprint density at radius 3 is 2.34 bits per heavy atom. The Balaban J connectivity index is 0.00000363. The second kappa shape index (κ2) is 11.4. The molecule has 0 aliphatic carbocycles. The first-order valence-corrected chi connectivity index (χ1v) is 11.1. The van der Waals surface area contributed by atoms with E-state index in [-0.39, 0.29) is 60.1 Å². The number of aliphatic imine (C=N–C) groups is 1. The van der Waals surface area contributed by atoms with Gasteiger partial charge in [-0.1, -0.05) is 0 Å². The zero-order valence-corrected chi connectivity index (χ0v) is 21.9. The Morgan fingerprint density at radius 2 is 1.81 bits per heavy atom. The highest BCUT2D eigenvalue weighted by atomic mass is 127. The van der Waals surface area contributed by atoms with Gasteiger partial charge in [0.25, 0.3) is 0 Å². The van der Waals surface area contributed by atoms with Gasteiger partial charge >= 0.3 is 6.09 Å². The SMILES string of the molecule is CN=C(NCC(C)Oc1ccc(F)cc1)NC1CC2CCC(C1)N2C(=O)OC(C)(C)C.I. The highest BCUT2D eigenvalue weighted by molar-refractivity contribution is 14.0. The molecule has 3 atom stereocenters. The maximum Gasteiger partial charge on any atom is 0.410 e. The van der Waals surface area contributed by atoms with E-state index in [4.69, 9.17) is 9.47 Å². The van der Waals surface area contributed by atoms with Crippen LogP contribution in [0.15, 0.2) is 29.3 Å². The summed E-state index contributed by atoms with van der Waals surface area (Å²) in [5.41, 5.74) is -0.482. The third kappa shape index (κ3) is 7.38. The van der Waals surface area contributed by atoms with Gasteiger partial charge in [0.05, 0.1) is 6.54 Å². The molecule has 2 fully saturated rings. The number of rotatable bonds is 5. The van der Waals surface area contributed by atoms with Crippen LogP contribution in [0, 0.1) is 5.82 Å². The number of guanidine groups is 1. The first-order valence-electron chi connectivity index (χ1n) is 11.1. The Kier molecular flexibility index (Phi) is 9.41. The minimum atomic E-state index is -0.482. The van der Waals surface area contributed by atoms with Gasteiger partial charge in [0.2, 0.25) is 0 Å². The van der Waals surface area contributed by atoms with E-state index < -0.39 is 5.60 Å². The Morgan fingerprint density at radius 1 is 1.22 bits per heavy atom. The molecule has 2 N–H and O–H groups in total. The molecule has 9 heteroatoms. The number of carbonyl (C=O) groups excluding carboxylic acids is 1. The van der Waals surface area contributed by atoms with Crippen molar-refractivity contribution in [2.45, 2.75) is 83.2 Å². The van der Waals surface area contributed by atoms with E-state index in [0.717, 1.165) is 25.7 Å². The lowest BCUT2D eigenvalue weighted by atomic mass is 9.98. The largest absolute Gasteiger partial charge is 0.489 e. The van der Waals surface area contributed by atoms with Crippen LogP contribution in [-0.2, 0) is 4.74 Å². The number of hydrogen-bond acceptors (Lipinski definition) is 4. The van der Waals surface area contributed by atoms with Gasteiger partial charge in [0.15, 0.2) is 5.96 Å². The first kappa shape index (κ1) is 26.5. The molecule has 1 amide bonds. The standard InChI is InChI=1S/C23H35FN4O3.HI/c1-15(30-20-10-6-16(24)7-11-20)14-26-21(25-5)27-17-12-18-8-9-19(13-17)28(18)22(29)31-23(2,3)4;/h6-7,10-11,15,17-19H,8-9,12-14H2,1-5H3,(H2,25,26,27);1H. The van der Waals surface area contributed by atoms with Gasteiger partial charge < -0.3 is 25.0 Å². The average Bonchev–Trinajstić information content (AvgIpc) is 2.96. The van der Waals surface area contributed by atoms with Gasteiger partial charge in [0.1, 0.15) is 23.3 Å². The van der Waals surface area contributed by atoms with Gasteiger partial charge in [0, 0.05) is 25.2 Å². The van der Waals surface area contributed by atoms with Crippen molar-refractivity contribution < 1.29 is 18.7 Å². The van der Waals surface area contributed by atoms with Crippen LogP contribution >= 0.6 is 24.0 Å². The molecular weight excluding hydrogens is 526 g/mol. The fraction of sp³-hybridized carbons (Fsp3) is 0.652. The van der Waals surface area contributed by atoms with E-state index in [0.29, 0.717) is 18.3 Å². The fourth-order valence-electron chi connectivity index (χ4n) is 4.32. The number of piperidine rings is 1. The van der Waals surface area contributed by atoms with Crippen LogP contribution in [0.4, 0.5) is 9.18 Å². The minimum absolute atomic E-state index is 0. The quantitative estimate of drug-likeness (QED) is 0.318. The van der Waals surface area contributed by atoms with Crippen molar-refractivity contribution in [1.29, 1.82) is 0 Å². The van der Waals surface area contributed by atoms with Crippen molar-refractivity contribution in [3.63, 3.8) is 0 Å². The molecule has 0 radical (unpaired) electrons. The van der Waals surface area contributed by atoms with E-state index in [1.54, 1.807) is 19.2 Å². The second-order valence-corrected chi connectivity index (χ2v) is 9.42. The third-order valence-corrected chi connectivity index (χ3v) is 5.61. The van der Waals surface area contributed by atoms with Crippen molar-refractivity contribution in [1.82, 2.24) is 15.5 Å². The van der Waals surface area contributed by atoms with Crippen molar-refractivity contribution in [2.24, 2.45) is 4.99 Å². The molecule has 2 aliphatic rings. The summed E-state index contributed by atoms with van der Waals surface area (Å²) in [5.74, 6) is 1.06. The van der Waals surface area contributed by atoms with Gasteiger partial charge in [-0.25, -0.2) is 9.18 Å². The molecule has 1 aromatic carbocycles. The van der Waals surface area contributed by atoms with Gasteiger partial charge in [-0.05, 0) is 77.6 Å². The zero-order chi connectivity index (χ0) is 22.6.